The van der Waals surface area contributed by atoms with Gasteiger partial charge in [-0.15, -0.1) is 0 Å². The van der Waals surface area contributed by atoms with Gasteiger partial charge in [-0.2, -0.15) is 0 Å². The van der Waals surface area contributed by atoms with Crippen LogP contribution in [0.25, 0.3) is 27.5 Å². The van der Waals surface area contributed by atoms with Gasteiger partial charge in [0.1, 0.15) is 0 Å². The van der Waals surface area contributed by atoms with Gasteiger partial charge in [-0.3, -0.25) is 4.98 Å². The Morgan fingerprint density at radius 2 is 1.44 bits per heavy atom. The number of benzene rings is 2. The van der Waals surface area contributed by atoms with Crippen LogP contribution in [-0.2, 0) is 0 Å². The van der Waals surface area contributed by atoms with E-state index >= 15 is 0 Å². The number of pyridine rings is 1. The molecule has 2 aromatic carbocycles. The summed E-state index contributed by atoms with van der Waals surface area (Å²) in [7, 11) is 0. The zero-order chi connectivity index (χ0) is 21.5. The smallest absolute Gasteiger partial charge is 0.0537 e. The molecular weight excluding hydrogens is 456 g/mol. The van der Waals surface area contributed by atoms with Crippen molar-refractivity contribution >= 4 is 43.4 Å². The second-order valence-electron chi connectivity index (χ2n) is 8.49. The Morgan fingerprint density at radius 3 is 2.09 bits per heavy atom. The number of rotatable bonds is 3. The zero-order valence-electron chi connectivity index (χ0n) is 17.7. The Hall–Kier alpha value is -3.17. The van der Waals surface area contributed by atoms with Crippen molar-refractivity contribution in [2.24, 2.45) is 0 Å². The Balaban J connectivity index is 1.43. The minimum absolute atomic E-state index is 0.367. The van der Waals surface area contributed by atoms with Crippen molar-refractivity contribution in [2.45, 2.75) is 25.2 Å². The molecule has 2 aromatic heterocycles. The Kier molecular flexibility index (Phi) is 4.92. The van der Waals surface area contributed by atoms with E-state index < -0.39 is 0 Å². The van der Waals surface area contributed by atoms with Gasteiger partial charge >= 0.3 is 0 Å². The first-order chi connectivity index (χ1) is 15.8. The van der Waals surface area contributed by atoms with Gasteiger partial charge in [-0.1, -0.05) is 70.6 Å². The number of nitrogens with zero attached hydrogens (tertiary/aromatic N) is 2. The highest BCUT2D eigenvalue weighted by atomic mass is 79.9. The second kappa shape index (κ2) is 8.07. The molecule has 2 heterocycles. The lowest BCUT2D eigenvalue weighted by molar-refractivity contribution is 0.775. The van der Waals surface area contributed by atoms with E-state index in [9.17, 15) is 0 Å². The molecule has 0 N–H and O–H groups in total. The first kappa shape index (κ1) is 19.5. The van der Waals surface area contributed by atoms with Crippen LogP contribution in [0.4, 0.5) is 0 Å². The van der Waals surface area contributed by atoms with Crippen LogP contribution >= 0.6 is 15.9 Å². The standard InChI is InChI=1S/C29H23BrN2/c30-22-11-14-24(27(19-22)21-15-17-31-18-16-21)20-9-12-23(13-10-20)32-28-7-3-1-5-25(28)26-6-2-4-8-29(26)32/h1-9,11-12,14-18,27H,10,13,19H2. The lowest BCUT2D eigenvalue weighted by Crippen LogP contribution is -2.10. The molecule has 0 bridgehead atoms. The van der Waals surface area contributed by atoms with E-state index in [-0.39, 0.29) is 0 Å². The molecule has 1 unspecified atom stereocenters. The van der Waals surface area contributed by atoms with Gasteiger partial charge in [0.2, 0.25) is 0 Å². The first-order valence-electron chi connectivity index (χ1n) is 11.1. The van der Waals surface area contributed by atoms with Crippen molar-refractivity contribution in [3.63, 3.8) is 0 Å². The van der Waals surface area contributed by atoms with Gasteiger partial charge in [0.15, 0.2) is 0 Å². The third-order valence-electron chi connectivity index (χ3n) is 6.69. The van der Waals surface area contributed by atoms with Crippen LogP contribution in [0.2, 0.25) is 0 Å². The van der Waals surface area contributed by atoms with Crippen LogP contribution in [0.3, 0.4) is 0 Å². The van der Waals surface area contributed by atoms with E-state index in [2.05, 4.69) is 110 Å². The summed E-state index contributed by atoms with van der Waals surface area (Å²) in [5.41, 5.74) is 8.13. The highest BCUT2D eigenvalue weighted by Crippen LogP contribution is 2.43. The number of hydrogen-bond donors (Lipinski definition) is 0. The molecule has 1 atom stereocenters. The maximum atomic E-state index is 4.21. The maximum absolute atomic E-state index is 4.21. The highest BCUT2D eigenvalue weighted by molar-refractivity contribution is 9.11. The molecule has 2 nitrogen and oxygen atoms in total. The summed E-state index contributed by atoms with van der Waals surface area (Å²) in [5.74, 6) is 0.367. The predicted octanol–water partition coefficient (Wildman–Crippen LogP) is 8.14. The molecule has 0 aliphatic heterocycles. The average Bonchev–Trinajstić information content (AvgIpc) is 3.19. The summed E-state index contributed by atoms with van der Waals surface area (Å²) in [6, 6.07) is 21.8. The minimum Gasteiger partial charge on any atom is -0.313 e. The fourth-order valence-corrected chi connectivity index (χ4v) is 5.63. The minimum atomic E-state index is 0.367. The third kappa shape index (κ3) is 3.28. The zero-order valence-corrected chi connectivity index (χ0v) is 19.3. The molecule has 0 saturated carbocycles. The molecule has 0 fully saturated rings. The molecule has 0 radical (unpaired) electrons. The molecule has 2 aliphatic carbocycles. The number of halogens is 1. The summed E-state index contributed by atoms with van der Waals surface area (Å²) in [5, 5.41) is 2.64. The molecule has 156 valence electrons. The summed E-state index contributed by atoms with van der Waals surface area (Å²) in [4.78, 5) is 4.21. The Morgan fingerprint density at radius 1 is 0.750 bits per heavy atom. The van der Waals surface area contributed by atoms with Crippen LogP contribution in [-0.4, -0.2) is 9.55 Å². The lowest BCUT2D eigenvalue weighted by atomic mass is 9.79. The van der Waals surface area contributed by atoms with Crippen molar-refractivity contribution in [3.8, 4) is 0 Å². The van der Waals surface area contributed by atoms with Gasteiger partial charge in [0.25, 0.3) is 0 Å². The highest BCUT2D eigenvalue weighted by Gasteiger charge is 2.24. The normalized spacial score (nSPS) is 18.8. The van der Waals surface area contributed by atoms with E-state index in [4.69, 9.17) is 0 Å². The van der Waals surface area contributed by atoms with Gasteiger partial charge in [0, 0.05) is 34.8 Å². The summed E-state index contributed by atoms with van der Waals surface area (Å²) < 4.78 is 3.70. The van der Waals surface area contributed by atoms with Crippen LogP contribution in [0.5, 0.6) is 0 Å². The molecule has 6 rings (SSSR count). The number of hydrogen-bond acceptors (Lipinski definition) is 1. The van der Waals surface area contributed by atoms with Crippen molar-refractivity contribution in [3.05, 3.63) is 119 Å². The van der Waals surface area contributed by atoms with E-state index in [0.29, 0.717) is 5.92 Å². The molecule has 4 aromatic rings. The number of aromatic nitrogens is 2. The summed E-state index contributed by atoms with van der Waals surface area (Å²) in [6.07, 6.45) is 16.0. The number of para-hydroxylation sites is 2. The molecular formula is C29H23BrN2. The quantitative estimate of drug-likeness (QED) is 0.290. The maximum Gasteiger partial charge on any atom is 0.0537 e. The summed E-state index contributed by atoms with van der Waals surface area (Å²) in [6.45, 7) is 0. The van der Waals surface area contributed by atoms with Crippen molar-refractivity contribution in [1.29, 1.82) is 0 Å². The van der Waals surface area contributed by atoms with Crippen LogP contribution in [0.15, 0.2) is 113 Å². The Labute approximate surface area is 196 Å². The van der Waals surface area contributed by atoms with E-state index in [1.54, 1.807) is 0 Å². The van der Waals surface area contributed by atoms with Crippen LogP contribution in [0, 0.1) is 0 Å². The monoisotopic (exact) mass is 478 g/mol. The first-order valence-corrected chi connectivity index (χ1v) is 11.9. The van der Waals surface area contributed by atoms with Crippen molar-refractivity contribution in [2.75, 3.05) is 0 Å². The van der Waals surface area contributed by atoms with E-state index in [1.165, 1.54) is 48.7 Å². The van der Waals surface area contributed by atoms with Crippen LogP contribution < -0.4 is 0 Å². The van der Waals surface area contributed by atoms with Gasteiger partial charge < -0.3 is 4.57 Å². The van der Waals surface area contributed by atoms with Crippen molar-refractivity contribution < 1.29 is 0 Å². The van der Waals surface area contributed by atoms with Crippen molar-refractivity contribution in [1.82, 2.24) is 9.55 Å². The van der Waals surface area contributed by atoms with Gasteiger partial charge in [-0.05, 0) is 70.8 Å². The topological polar surface area (TPSA) is 17.8 Å². The average molecular weight is 479 g/mol. The van der Waals surface area contributed by atoms with Gasteiger partial charge in [-0.25, -0.2) is 0 Å². The summed E-state index contributed by atoms with van der Waals surface area (Å²) >= 11 is 3.73. The number of allylic oxidation sites excluding steroid dienone is 8. The largest absolute Gasteiger partial charge is 0.313 e. The molecule has 0 spiro atoms. The molecule has 0 saturated heterocycles. The fraction of sp³-hybridized carbons (Fsp3) is 0.138. The Bertz CT molecular complexity index is 1400. The fourth-order valence-electron chi connectivity index (χ4n) is 5.18. The number of fused-ring (bicyclic) bond motifs is 3. The molecule has 0 amide bonds. The van der Waals surface area contributed by atoms with Crippen LogP contribution in [0.1, 0.15) is 30.7 Å². The SMILES string of the molecule is BrC1=CC=C(C2=CC=C(n3c4ccccc4c4ccccc43)CC2)C(c2ccncc2)C1. The predicted molar refractivity (Wildman–Crippen MR) is 138 cm³/mol. The van der Waals surface area contributed by atoms with E-state index in [1.807, 2.05) is 12.4 Å². The second-order valence-corrected chi connectivity index (χ2v) is 9.51. The molecule has 2 aliphatic rings. The molecule has 32 heavy (non-hydrogen) atoms. The molecule has 3 heteroatoms. The lowest BCUT2D eigenvalue weighted by Gasteiger charge is -2.27. The third-order valence-corrected chi connectivity index (χ3v) is 7.28. The van der Waals surface area contributed by atoms with E-state index in [0.717, 1.165) is 19.3 Å². The van der Waals surface area contributed by atoms with Gasteiger partial charge in [0.05, 0.1) is 11.0 Å².